The summed E-state index contributed by atoms with van der Waals surface area (Å²) < 4.78 is 3.51. The van der Waals surface area contributed by atoms with Gasteiger partial charge in [-0.05, 0) is 31.2 Å². The zero-order chi connectivity index (χ0) is 17.1. The van der Waals surface area contributed by atoms with Crippen molar-refractivity contribution < 1.29 is 0 Å². The Kier molecular flexibility index (Phi) is 4.85. The van der Waals surface area contributed by atoms with E-state index in [1.54, 1.807) is 11.9 Å². The van der Waals surface area contributed by atoms with Crippen LogP contribution >= 0.6 is 11.9 Å². The number of fused-ring (bicyclic) bond motifs is 1. The molecule has 2 aromatic carbocycles. The minimum Gasteiger partial charge on any atom is -0.354 e. The van der Waals surface area contributed by atoms with Gasteiger partial charge in [0.15, 0.2) is 5.82 Å². The molecule has 1 unspecified atom stereocenters. The number of rotatable bonds is 4. The summed E-state index contributed by atoms with van der Waals surface area (Å²) >= 11 is 1.70. The van der Waals surface area contributed by atoms with E-state index < -0.39 is 0 Å². The van der Waals surface area contributed by atoms with Gasteiger partial charge in [0.25, 0.3) is 0 Å². The van der Waals surface area contributed by atoms with Gasteiger partial charge in [0.2, 0.25) is 0 Å². The van der Waals surface area contributed by atoms with Crippen LogP contribution in [0.25, 0.3) is 22.3 Å². The Hall–Kier alpha value is -2.11. The molecule has 1 atom stereocenters. The van der Waals surface area contributed by atoms with Gasteiger partial charge in [0.1, 0.15) is 5.82 Å². The molecule has 1 fully saturated rings. The largest absolute Gasteiger partial charge is 0.354 e. The molecule has 0 saturated carbocycles. The second-order valence-electron chi connectivity index (χ2n) is 6.36. The predicted molar refractivity (Wildman–Crippen MR) is 107 cm³/mol. The molecule has 1 aliphatic rings. The van der Waals surface area contributed by atoms with Gasteiger partial charge < -0.3 is 4.90 Å². The average Bonchev–Trinajstić information content (AvgIpc) is 2.68. The Morgan fingerprint density at radius 3 is 2.68 bits per heavy atom. The van der Waals surface area contributed by atoms with Crippen LogP contribution in [0.15, 0.2) is 54.6 Å². The molecular formula is C20H22N4S. The summed E-state index contributed by atoms with van der Waals surface area (Å²) in [5, 5.41) is 1.13. The van der Waals surface area contributed by atoms with Crippen molar-refractivity contribution in [3.8, 4) is 11.4 Å². The van der Waals surface area contributed by atoms with Crippen LogP contribution in [0.1, 0.15) is 12.8 Å². The molecule has 4 rings (SSSR count). The predicted octanol–water partition coefficient (Wildman–Crippen LogP) is 4.13. The molecule has 1 aromatic heterocycles. The second kappa shape index (κ2) is 7.42. The summed E-state index contributed by atoms with van der Waals surface area (Å²) in [6.07, 6.45) is 4.48. The number of para-hydroxylation sites is 1. The maximum absolute atomic E-state index is 4.97. The van der Waals surface area contributed by atoms with E-state index in [4.69, 9.17) is 9.97 Å². The van der Waals surface area contributed by atoms with Crippen LogP contribution in [0.4, 0.5) is 5.82 Å². The van der Waals surface area contributed by atoms with Gasteiger partial charge in [-0.15, -0.1) is 0 Å². The van der Waals surface area contributed by atoms with E-state index in [1.807, 2.05) is 24.3 Å². The molecule has 1 aliphatic heterocycles. The number of benzene rings is 2. The molecule has 4 nitrogen and oxygen atoms in total. The number of hydrogen-bond donors (Lipinski definition) is 1. The van der Waals surface area contributed by atoms with Crippen molar-refractivity contribution in [3.05, 3.63) is 54.6 Å². The Morgan fingerprint density at radius 2 is 1.84 bits per heavy atom. The van der Waals surface area contributed by atoms with Crippen molar-refractivity contribution in [1.29, 1.82) is 0 Å². The van der Waals surface area contributed by atoms with Crippen molar-refractivity contribution in [2.75, 3.05) is 24.2 Å². The first-order chi connectivity index (χ1) is 12.3. The number of piperidine rings is 1. The third-order valence-electron chi connectivity index (χ3n) is 4.62. The molecule has 0 amide bonds. The molecule has 0 radical (unpaired) electrons. The molecule has 0 spiro atoms. The van der Waals surface area contributed by atoms with Gasteiger partial charge in [0.05, 0.1) is 5.52 Å². The third kappa shape index (κ3) is 3.48. The Morgan fingerprint density at radius 1 is 1.04 bits per heavy atom. The van der Waals surface area contributed by atoms with Crippen LogP contribution in [0.2, 0.25) is 0 Å². The van der Waals surface area contributed by atoms with Crippen LogP contribution in [0.3, 0.4) is 0 Å². The first kappa shape index (κ1) is 16.4. The summed E-state index contributed by atoms with van der Waals surface area (Å²) in [4.78, 5) is 12.2. The van der Waals surface area contributed by atoms with Crippen LogP contribution in [0, 0.1) is 0 Å². The SMILES string of the molecule is CSNC1CCCN(c2nc(-c3ccccc3)nc3ccccc23)C1. The summed E-state index contributed by atoms with van der Waals surface area (Å²) in [6, 6.07) is 19.1. The first-order valence-electron chi connectivity index (χ1n) is 8.71. The average molecular weight is 350 g/mol. The monoisotopic (exact) mass is 350 g/mol. The summed E-state index contributed by atoms with van der Waals surface area (Å²) in [6.45, 7) is 2.03. The van der Waals surface area contributed by atoms with E-state index in [9.17, 15) is 0 Å². The van der Waals surface area contributed by atoms with Gasteiger partial charge in [-0.3, -0.25) is 4.72 Å². The molecule has 1 saturated heterocycles. The summed E-state index contributed by atoms with van der Waals surface area (Å²) in [7, 11) is 0. The van der Waals surface area contributed by atoms with Gasteiger partial charge in [-0.1, -0.05) is 54.4 Å². The quantitative estimate of drug-likeness (QED) is 0.717. The zero-order valence-electron chi connectivity index (χ0n) is 14.4. The van der Waals surface area contributed by atoms with E-state index >= 15 is 0 Å². The fourth-order valence-electron chi connectivity index (χ4n) is 3.45. The van der Waals surface area contributed by atoms with Crippen molar-refractivity contribution in [3.63, 3.8) is 0 Å². The molecule has 2 heterocycles. The Bertz CT molecular complexity index is 851. The molecular weight excluding hydrogens is 328 g/mol. The van der Waals surface area contributed by atoms with Crippen molar-refractivity contribution in [2.45, 2.75) is 18.9 Å². The number of hydrogen-bond acceptors (Lipinski definition) is 5. The molecule has 5 heteroatoms. The lowest BCUT2D eigenvalue weighted by Gasteiger charge is -2.34. The van der Waals surface area contributed by atoms with Gasteiger partial charge in [-0.2, -0.15) is 0 Å². The number of anilines is 1. The molecule has 0 bridgehead atoms. The minimum absolute atomic E-state index is 0.498. The highest BCUT2D eigenvalue weighted by Gasteiger charge is 2.23. The highest BCUT2D eigenvalue weighted by molar-refractivity contribution is 7.96. The van der Waals surface area contributed by atoms with E-state index in [0.29, 0.717) is 6.04 Å². The third-order valence-corrected chi connectivity index (χ3v) is 5.19. The van der Waals surface area contributed by atoms with E-state index in [1.165, 1.54) is 12.8 Å². The lowest BCUT2D eigenvalue weighted by atomic mass is 10.1. The topological polar surface area (TPSA) is 41.0 Å². The Labute approximate surface area is 152 Å². The lowest BCUT2D eigenvalue weighted by Crippen LogP contribution is -2.44. The normalized spacial score (nSPS) is 17.8. The highest BCUT2D eigenvalue weighted by Crippen LogP contribution is 2.29. The fraction of sp³-hybridized carbons (Fsp3) is 0.300. The maximum atomic E-state index is 4.97. The van der Waals surface area contributed by atoms with E-state index in [2.05, 4.69) is 46.2 Å². The number of nitrogens with one attached hydrogen (secondary N) is 1. The number of aromatic nitrogens is 2. The molecule has 3 aromatic rings. The van der Waals surface area contributed by atoms with Gasteiger partial charge >= 0.3 is 0 Å². The fourth-order valence-corrected chi connectivity index (χ4v) is 3.98. The first-order valence-corrected chi connectivity index (χ1v) is 9.93. The summed E-state index contributed by atoms with van der Waals surface area (Å²) in [5.74, 6) is 1.85. The highest BCUT2D eigenvalue weighted by atomic mass is 32.2. The standard InChI is InChI=1S/C20H22N4S/c1-25-23-16-10-7-13-24(14-16)20-17-11-5-6-12-18(17)21-19(22-20)15-8-3-2-4-9-15/h2-6,8-9,11-12,16,23H,7,10,13-14H2,1H3. The zero-order valence-corrected chi connectivity index (χ0v) is 15.2. The number of nitrogens with zero attached hydrogens (tertiary/aromatic N) is 3. The van der Waals surface area contributed by atoms with Crippen molar-refractivity contribution in [1.82, 2.24) is 14.7 Å². The molecule has 25 heavy (non-hydrogen) atoms. The van der Waals surface area contributed by atoms with Gasteiger partial charge in [-0.25, -0.2) is 9.97 Å². The van der Waals surface area contributed by atoms with E-state index in [0.717, 1.165) is 41.2 Å². The van der Waals surface area contributed by atoms with Gasteiger partial charge in [0, 0.05) is 30.1 Å². The van der Waals surface area contributed by atoms with Crippen LogP contribution < -0.4 is 9.62 Å². The smallest absolute Gasteiger partial charge is 0.162 e. The van der Waals surface area contributed by atoms with E-state index in [-0.39, 0.29) is 0 Å². The van der Waals surface area contributed by atoms with Crippen molar-refractivity contribution >= 4 is 28.7 Å². The lowest BCUT2D eigenvalue weighted by molar-refractivity contribution is 0.483. The minimum atomic E-state index is 0.498. The van der Waals surface area contributed by atoms with Crippen molar-refractivity contribution in [2.24, 2.45) is 0 Å². The van der Waals surface area contributed by atoms with Crippen LogP contribution in [0.5, 0.6) is 0 Å². The van der Waals surface area contributed by atoms with Crippen LogP contribution in [-0.2, 0) is 0 Å². The Balaban J connectivity index is 1.79. The van der Waals surface area contributed by atoms with Crippen LogP contribution in [-0.4, -0.2) is 35.4 Å². The summed E-state index contributed by atoms with van der Waals surface area (Å²) in [5.41, 5.74) is 2.07. The molecule has 0 aliphatic carbocycles. The second-order valence-corrected chi connectivity index (χ2v) is 7.01. The molecule has 128 valence electrons. The molecule has 1 N–H and O–H groups in total. The maximum Gasteiger partial charge on any atom is 0.162 e.